The van der Waals surface area contributed by atoms with E-state index in [0.29, 0.717) is 5.56 Å². The van der Waals surface area contributed by atoms with Crippen LogP contribution in [0, 0.1) is 10.1 Å². The molecule has 0 spiro atoms. The highest BCUT2D eigenvalue weighted by Gasteiger charge is 2.50. The molecule has 0 bridgehead atoms. The lowest BCUT2D eigenvalue weighted by molar-refractivity contribution is -0.386. The van der Waals surface area contributed by atoms with Crippen LogP contribution in [0.5, 0.6) is 0 Å². The van der Waals surface area contributed by atoms with Crippen molar-refractivity contribution in [2.45, 2.75) is 11.4 Å². The van der Waals surface area contributed by atoms with Crippen LogP contribution < -0.4 is 5.43 Å². The van der Waals surface area contributed by atoms with Crippen molar-refractivity contribution in [3.8, 4) is 0 Å². The highest BCUT2D eigenvalue weighted by atomic mass is 35.5. The number of rotatable bonds is 4. The molecule has 24 heavy (non-hydrogen) atoms. The van der Waals surface area contributed by atoms with E-state index in [1.165, 1.54) is 42.7 Å². The normalized spacial score (nSPS) is 19.5. The van der Waals surface area contributed by atoms with Gasteiger partial charge in [0.2, 0.25) is 0 Å². The van der Waals surface area contributed by atoms with Crippen molar-refractivity contribution in [1.29, 1.82) is 0 Å². The van der Waals surface area contributed by atoms with E-state index >= 15 is 0 Å². The molecule has 2 heterocycles. The maximum atomic E-state index is 12.2. The Morgan fingerprint density at radius 1 is 1.25 bits per heavy atom. The summed E-state index contributed by atoms with van der Waals surface area (Å²) in [4.78, 5) is 38.6. The van der Waals surface area contributed by atoms with Crippen LogP contribution in [0.3, 0.4) is 0 Å². The Morgan fingerprint density at radius 2 is 1.92 bits per heavy atom. The number of hydrogen-bond acceptors (Lipinski definition) is 5. The van der Waals surface area contributed by atoms with Gasteiger partial charge in [0.15, 0.2) is 0 Å². The van der Waals surface area contributed by atoms with Gasteiger partial charge in [0.05, 0.1) is 10.5 Å². The van der Waals surface area contributed by atoms with E-state index in [4.69, 9.17) is 11.6 Å². The second kappa shape index (κ2) is 6.25. The number of benzene rings is 1. The van der Waals surface area contributed by atoms with Gasteiger partial charge >= 0.3 is 0 Å². The van der Waals surface area contributed by atoms with Crippen molar-refractivity contribution in [1.82, 2.24) is 15.4 Å². The van der Waals surface area contributed by atoms with E-state index < -0.39 is 28.2 Å². The lowest BCUT2D eigenvalue weighted by Crippen LogP contribution is -2.63. The Bertz CT molecular complexity index is 814. The first-order chi connectivity index (χ1) is 11.5. The van der Waals surface area contributed by atoms with Gasteiger partial charge in [-0.25, -0.2) is 5.01 Å². The zero-order valence-electron chi connectivity index (χ0n) is 12.1. The van der Waals surface area contributed by atoms with Crippen LogP contribution >= 0.6 is 11.6 Å². The molecule has 122 valence electrons. The Hall–Kier alpha value is -3.00. The molecule has 0 radical (unpaired) electrons. The summed E-state index contributed by atoms with van der Waals surface area (Å²) in [6.07, 6.45) is 2.88. The molecule has 2 amide bonds. The second-order valence-corrected chi connectivity index (χ2v) is 5.52. The molecule has 0 aliphatic carbocycles. The minimum atomic E-state index is -0.983. The van der Waals surface area contributed by atoms with Gasteiger partial charge in [0.25, 0.3) is 17.5 Å². The third kappa shape index (κ3) is 2.67. The highest BCUT2D eigenvalue weighted by Crippen LogP contribution is 2.40. The van der Waals surface area contributed by atoms with Crippen LogP contribution in [0.2, 0.25) is 0 Å². The molecule has 1 aliphatic heterocycles. The largest absolute Gasteiger partial charge is 0.274 e. The van der Waals surface area contributed by atoms with E-state index in [0.717, 1.165) is 5.01 Å². The number of amides is 2. The Labute approximate surface area is 141 Å². The predicted molar refractivity (Wildman–Crippen MR) is 84.0 cm³/mol. The van der Waals surface area contributed by atoms with Gasteiger partial charge in [-0.1, -0.05) is 12.1 Å². The standard InChI is InChI=1S/C15H11ClN4O4/c16-12-13(10-3-1-2-4-11(10)20(23)24)19(15(12)22)18-14(21)9-5-7-17-8-6-9/h1-8,12-13H,(H,18,21). The summed E-state index contributed by atoms with van der Waals surface area (Å²) in [5.74, 6) is -1.06. The molecule has 2 unspecified atom stereocenters. The second-order valence-electron chi connectivity index (χ2n) is 5.05. The molecule has 1 aliphatic rings. The van der Waals surface area contributed by atoms with Gasteiger partial charge in [0, 0.05) is 24.0 Å². The van der Waals surface area contributed by atoms with Gasteiger partial charge in [-0.15, -0.1) is 11.6 Å². The Morgan fingerprint density at radius 3 is 2.58 bits per heavy atom. The number of nitro groups is 1. The zero-order chi connectivity index (χ0) is 17.3. The van der Waals surface area contributed by atoms with Crippen molar-refractivity contribution in [2.75, 3.05) is 0 Å². The maximum absolute atomic E-state index is 12.2. The Balaban J connectivity index is 1.87. The molecule has 0 saturated carbocycles. The van der Waals surface area contributed by atoms with Crippen LogP contribution in [0.4, 0.5) is 5.69 Å². The maximum Gasteiger partial charge on any atom is 0.274 e. The summed E-state index contributed by atoms with van der Waals surface area (Å²) in [6.45, 7) is 0. The summed E-state index contributed by atoms with van der Waals surface area (Å²) in [5.41, 5.74) is 2.84. The van der Waals surface area contributed by atoms with Crippen molar-refractivity contribution in [3.05, 3.63) is 70.0 Å². The number of nitro benzene ring substituents is 1. The Kier molecular flexibility index (Phi) is 4.13. The molecule has 2 aromatic rings. The number of nitrogens with one attached hydrogen (secondary N) is 1. The fourth-order valence-corrected chi connectivity index (χ4v) is 2.81. The number of para-hydroxylation sites is 1. The smallest absolute Gasteiger partial charge is 0.271 e. The number of alkyl halides is 1. The molecule has 1 saturated heterocycles. The molecule has 1 fully saturated rings. The van der Waals surface area contributed by atoms with Crippen molar-refractivity contribution in [3.63, 3.8) is 0 Å². The number of β-lactam (4-membered cyclic amide) rings is 1. The first kappa shape index (κ1) is 15.9. The first-order valence-electron chi connectivity index (χ1n) is 6.92. The quantitative estimate of drug-likeness (QED) is 0.393. The predicted octanol–water partition coefficient (Wildman–Crippen LogP) is 1.83. The fraction of sp³-hybridized carbons (Fsp3) is 0.133. The van der Waals surface area contributed by atoms with Crippen LogP contribution in [0.1, 0.15) is 22.0 Å². The van der Waals surface area contributed by atoms with Gasteiger partial charge in [-0.2, -0.15) is 0 Å². The molecule has 1 N–H and O–H groups in total. The average Bonchev–Trinajstić information content (AvgIpc) is 2.61. The first-order valence-corrected chi connectivity index (χ1v) is 7.36. The van der Waals surface area contributed by atoms with Gasteiger partial charge < -0.3 is 0 Å². The van der Waals surface area contributed by atoms with E-state index in [-0.39, 0.29) is 11.3 Å². The van der Waals surface area contributed by atoms with Crippen molar-refractivity contribution >= 4 is 29.1 Å². The van der Waals surface area contributed by atoms with E-state index in [1.54, 1.807) is 6.07 Å². The minimum Gasteiger partial charge on any atom is -0.271 e. The van der Waals surface area contributed by atoms with Crippen LogP contribution in [0.15, 0.2) is 48.8 Å². The van der Waals surface area contributed by atoms with E-state index in [2.05, 4.69) is 10.4 Å². The monoisotopic (exact) mass is 346 g/mol. The number of nitrogens with zero attached hydrogens (tertiary/aromatic N) is 3. The summed E-state index contributed by atoms with van der Waals surface area (Å²) in [7, 11) is 0. The SMILES string of the molecule is O=C(NN1C(=O)C(Cl)C1c1ccccc1[N+](=O)[O-])c1ccncc1. The van der Waals surface area contributed by atoms with Gasteiger partial charge in [-0.3, -0.25) is 30.1 Å². The fourth-order valence-electron chi connectivity index (χ4n) is 2.46. The lowest BCUT2D eigenvalue weighted by Gasteiger charge is -2.43. The number of carbonyl (C=O) groups excluding carboxylic acids is 2. The van der Waals surface area contributed by atoms with Gasteiger partial charge in [0.1, 0.15) is 11.4 Å². The molecule has 8 nitrogen and oxygen atoms in total. The third-order valence-electron chi connectivity index (χ3n) is 3.65. The molecular weight excluding hydrogens is 336 g/mol. The zero-order valence-corrected chi connectivity index (χ0v) is 12.9. The van der Waals surface area contributed by atoms with Crippen LogP contribution in [-0.4, -0.2) is 32.1 Å². The summed E-state index contributed by atoms with van der Waals surface area (Å²) in [5, 5.41) is 11.2. The summed E-state index contributed by atoms with van der Waals surface area (Å²) >= 11 is 6.03. The highest BCUT2D eigenvalue weighted by molar-refractivity contribution is 6.33. The summed E-state index contributed by atoms with van der Waals surface area (Å²) in [6, 6.07) is 8.12. The summed E-state index contributed by atoms with van der Waals surface area (Å²) < 4.78 is 0. The number of hydrazine groups is 1. The van der Waals surface area contributed by atoms with E-state index in [1.807, 2.05) is 0 Å². The number of carbonyl (C=O) groups is 2. The average molecular weight is 347 g/mol. The molecule has 3 rings (SSSR count). The minimum absolute atomic E-state index is 0.163. The van der Waals surface area contributed by atoms with Crippen molar-refractivity contribution < 1.29 is 14.5 Å². The molecule has 1 aromatic heterocycles. The number of hydrogen-bond donors (Lipinski definition) is 1. The molecule has 9 heteroatoms. The van der Waals surface area contributed by atoms with Gasteiger partial charge in [-0.05, 0) is 18.2 Å². The number of halogens is 1. The van der Waals surface area contributed by atoms with E-state index in [9.17, 15) is 19.7 Å². The molecule has 1 aromatic carbocycles. The molecule has 2 atom stereocenters. The molecular formula is C15H11ClN4O4. The number of pyridine rings is 1. The third-order valence-corrected chi connectivity index (χ3v) is 4.07. The van der Waals surface area contributed by atoms with Crippen LogP contribution in [0.25, 0.3) is 0 Å². The number of aromatic nitrogens is 1. The van der Waals surface area contributed by atoms with Crippen LogP contribution in [-0.2, 0) is 4.79 Å². The lowest BCUT2D eigenvalue weighted by atomic mass is 9.94. The topological polar surface area (TPSA) is 105 Å². The van der Waals surface area contributed by atoms with Crippen molar-refractivity contribution in [2.24, 2.45) is 0 Å².